The number of halogens is 1. The summed E-state index contributed by atoms with van der Waals surface area (Å²) in [6, 6.07) is 12.4. The number of piperazine rings is 1. The fourth-order valence-electron chi connectivity index (χ4n) is 4.51. The van der Waals surface area contributed by atoms with Gasteiger partial charge in [0.15, 0.2) is 5.82 Å². The molecule has 0 aliphatic carbocycles. The SMILES string of the molecule is C=CC(=O)N1CC(=O)N2c3ccc(Nc4ncc(Cl)c(Nc5ccccc5P(C)(C)=O)n4)cc3OC[C@H]2C1. The molecule has 2 aromatic carbocycles. The number of hydrogen-bond acceptors (Lipinski definition) is 8. The van der Waals surface area contributed by atoms with Crippen LogP contribution in [0.3, 0.4) is 0 Å². The summed E-state index contributed by atoms with van der Waals surface area (Å²) in [5.41, 5.74) is 1.95. The molecule has 1 aromatic heterocycles. The average molecular weight is 553 g/mol. The van der Waals surface area contributed by atoms with E-state index in [0.29, 0.717) is 45.5 Å². The van der Waals surface area contributed by atoms with Crippen LogP contribution in [0.25, 0.3) is 0 Å². The second-order valence-electron chi connectivity index (χ2n) is 9.34. The van der Waals surface area contributed by atoms with Gasteiger partial charge in [-0.1, -0.05) is 30.3 Å². The highest BCUT2D eigenvalue weighted by Crippen LogP contribution is 2.40. The molecule has 12 heteroatoms. The van der Waals surface area contributed by atoms with E-state index in [2.05, 4.69) is 27.2 Å². The van der Waals surface area contributed by atoms with Crippen molar-refractivity contribution >= 4 is 64.7 Å². The van der Waals surface area contributed by atoms with Crippen LogP contribution < -0.4 is 25.6 Å². The molecule has 38 heavy (non-hydrogen) atoms. The number of fused-ring (bicyclic) bond motifs is 3. The van der Waals surface area contributed by atoms with Gasteiger partial charge < -0.3 is 24.8 Å². The lowest BCUT2D eigenvalue weighted by atomic mass is 10.1. The summed E-state index contributed by atoms with van der Waals surface area (Å²) in [5, 5.41) is 7.32. The number of aromatic nitrogens is 2. The van der Waals surface area contributed by atoms with E-state index in [1.54, 1.807) is 36.4 Å². The van der Waals surface area contributed by atoms with Crippen LogP contribution in [0.1, 0.15) is 0 Å². The fraction of sp³-hybridized carbons (Fsp3) is 0.231. The minimum Gasteiger partial charge on any atom is -0.489 e. The third-order valence-corrected chi connectivity index (χ3v) is 8.09. The minimum absolute atomic E-state index is 0.0101. The van der Waals surface area contributed by atoms with Crippen molar-refractivity contribution in [3.8, 4) is 5.75 Å². The molecule has 2 N–H and O–H groups in total. The zero-order valence-corrected chi connectivity index (χ0v) is 22.5. The Labute approximate surface area is 225 Å². The predicted molar refractivity (Wildman–Crippen MR) is 149 cm³/mol. The van der Waals surface area contributed by atoms with Crippen molar-refractivity contribution in [2.75, 3.05) is 48.6 Å². The van der Waals surface area contributed by atoms with Gasteiger partial charge in [0.25, 0.3) is 0 Å². The third-order valence-electron chi connectivity index (χ3n) is 6.27. The van der Waals surface area contributed by atoms with E-state index < -0.39 is 7.14 Å². The first-order valence-electron chi connectivity index (χ1n) is 11.9. The number of hydrogen-bond donors (Lipinski definition) is 2. The maximum atomic E-state index is 12.9. The molecule has 2 aliphatic heterocycles. The van der Waals surface area contributed by atoms with Crippen molar-refractivity contribution in [1.29, 1.82) is 0 Å². The lowest BCUT2D eigenvalue weighted by Crippen LogP contribution is -2.61. The quantitative estimate of drug-likeness (QED) is 0.348. The first-order valence-corrected chi connectivity index (χ1v) is 14.8. The predicted octanol–water partition coefficient (Wildman–Crippen LogP) is 3.99. The monoisotopic (exact) mass is 552 g/mol. The Morgan fingerprint density at radius 3 is 2.79 bits per heavy atom. The summed E-state index contributed by atoms with van der Waals surface area (Å²) in [6.07, 6.45) is 2.69. The fourth-order valence-corrected chi connectivity index (χ4v) is 5.81. The van der Waals surface area contributed by atoms with Crippen LogP contribution in [0.4, 0.5) is 28.8 Å². The number of ether oxygens (including phenoxy) is 1. The molecule has 196 valence electrons. The second kappa shape index (κ2) is 10.1. The average Bonchev–Trinajstić information content (AvgIpc) is 2.89. The number of benzene rings is 2. The molecule has 10 nitrogen and oxygen atoms in total. The Balaban J connectivity index is 1.36. The van der Waals surface area contributed by atoms with Crippen molar-refractivity contribution in [2.24, 2.45) is 0 Å². The molecule has 0 bridgehead atoms. The molecule has 2 amide bonds. The van der Waals surface area contributed by atoms with Crippen LogP contribution in [0.2, 0.25) is 5.02 Å². The van der Waals surface area contributed by atoms with Crippen molar-refractivity contribution in [3.05, 3.63) is 66.3 Å². The Kier molecular flexibility index (Phi) is 6.86. The number of nitrogens with one attached hydrogen (secondary N) is 2. The van der Waals surface area contributed by atoms with Crippen LogP contribution in [0.15, 0.2) is 61.3 Å². The highest BCUT2D eigenvalue weighted by molar-refractivity contribution is 7.70. The topological polar surface area (TPSA) is 117 Å². The van der Waals surface area contributed by atoms with Gasteiger partial charge in [-0.2, -0.15) is 4.98 Å². The summed E-state index contributed by atoms with van der Waals surface area (Å²) < 4.78 is 18.7. The molecule has 1 atom stereocenters. The number of amides is 2. The lowest BCUT2D eigenvalue weighted by molar-refractivity contribution is -0.134. The summed E-state index contributed by atoms with van der Waals surface area (Å²) in [4.78, 5) is 36.8. The Hall–Kier alpha value is -3.88. The minimum atomic E-state index is -2.54. The van der Waals surface area contributed by atoms with E-state index in [1.807, 2.05) is 24.3 Å². The first-order chi connectivity index (χ1) is 18.1. The zero-order valence-electron chi connectivity index (χ0n) is 20.8. The van der Waals surface area contributed by atoms with Gasteiger partial charge in [-0.05, 0) is 43.7 Å². The number of anilines is 5. The molecule has 0 unspecified atom stereocenters. The van der Waals surface area contributed by atoms with Crippen LogP contribution in [-0.2, 0) is 14.2 Å². The number of rotatable bonds is 6. The zero-order chi connectivity index (χ0) is 27.0. The van der Waals surface area contributed by atoms with Crippen molar-refractivity contribution in [3.63, 3.8) is 0 Å². The summed E-state index contributed by atoms with van der Waals surface area (Å²) in [5.74, 6) is 0.724. The van der Waals surface area contributed by atoms with E-state index in [-0.39, 0.29) is 37.0 Å². The van der Waals surface area contributed by atoms with E-state index in [1.165, 1.54) is 17.2 Å². The Morgan fingerprint density at radius 1 is 1.24 bits per heavy atom. The summed E-state index contributed by atoms with van der Waals surface area (Å²) >= 11 is 6.36. The normalized spacial score (nSPS) is 16.7. The molecule has 2 aliphatic rings. The number of para-hydroxylation sites is 1. The second-order valence-corrected chi connectivity index (χ2v) is 12.9. The van der Waals surface area contributed by atoms with E-state index >= 15 is 0 Å². The number of carbonyl (C=O) groups excluding carboxylic acids is 2. The number of carbonyl (C=O) groups is 2. The Bertz CT molecular complexity index is 1490. The van der Waals surface area contributed by atoms with Crippen molar-refractivity contribution in [2.45, 2.75) is 6.04 Å². The van der Waals surface area contributed by atoms with Gasteiger partial charge in [0.2, 0.25) is 17.8 Å². The Morgan fingerprint density at radius 2 is 2.03 bits per heavy atom. The van der Waals surface area contributed by atoms with Gasteiger partial charge in [-0.3, -0.25) is 14.5 Å². The lowest BCUT2D eigenvalue weighted by Gasteiger charge is -2.43. The van der Waals surface area contributed by atoms with Gasteiger partial charge in [-0.25, -0.2) is 4.98 Å². The maximum Gasteiger partial charge on any atom is 0.247 e. The molecule has 5 rings (SSSR count). The molecule has 1 saturated heterocycles. The first kappa shape index (κ1) is 25.8. The molecule has 1 fully saturated rings. The maximum absolute atomic E-state index is 12.9. The molecule has 0 radical (unpaired) electrons. The van der Waals surface area contributed by atoms with E-state index in [0.717, 1.165) is 0 Å². The smallest absolute Gasteiger partial charge is 0.247 e. The van der Waals surface area contributed by atoms with Gasteiger partial charge >= 0.3 is 0 Å². The van der Waals surface area contributed by atoms with Crippen LogP contribution in [0, 0.1) is 0 Å². The largest absolute Gasteiger partial charge is 0.489 e. The van der Waals surface area contributed by atoms with Gasteiger partial charge in [0, 0.05) is 23.6 Å². The molecule has 3 aromatic rings. The highest BCUT2D eigenvalue weighted by atomic mass is 35.5. The van der Waals surface area contributed by atoms with Crippen molar-refractivity contribution < 1.29 is 18.9 Å². The molecular weight excluding hydrogens is 527 g/mol. The molecular formula is C26H26ClN6O4P. The van der Waals surface area contributed by atoms with Gasteiger partial charge in [0.05, 0.1) is 23.6 Å². The van der Waals surface area contributed by atoms with Crippen LogP contribution in [0.5, 0.6) is 5.75 Å². The van der Waals surface area contributed by atoms with E-state index in [9.17, 15) is 14.2 Å². The summed E-state index contributed by atoms with van der Waals surface area (Å²) in [7, 11) is -2.54. The van der Waals surface area contributed by atoms with Gasteiger partial charge in [0.1, 0.15) is 31.1 Å². The van der Waals surface area contributed by atoms with Crippen LogP contribution in [-0.4, -0.2) is 65.8 Å². The van der Waals surface area contributed by atoms with E-state index in [4.69, 9.17) is 16.3 Å². The van der Waals surface area contributed by atoms with Crippen LogP contribution >= 0.6 is 18.7 Å². The molecule has 3 heterocycles. The number of nitrogens with zero attached hydrogens (tertiary/aromatic N) is 4. The molecule has 0 spiro atoms. The van der Waals surface area contributed by atoms with Crippen molar-refractivity contribution in [1.82, 2.24) is 14.9 Å². The third kappa shape index (κ3) is 5.10. The summed E-state index contributed by atoms with van der Waals surface area (Å²) in [6.45, 7) is 7.53. The standard InChI is InChI=1S/C26H26ClN6O4P/c1-4-23(34)32-13-17-15-37-21-11-16(9-10-20(21)33(17)24(35)14-32)29-26-28-12-18(27)25(31-26)30-19-7-5-6-8-22(19)38(2,3)36/h4-12,17H,1,13-15H2,2-3H3,(H2,28,29,30,31)/t17-/m1/s1. The molecule has 0 saturated carbocycles. The van der Waals surface area contributed by atoms with Gasteiger partial charge in [-0.15, -0.1) is 0 Å². The highest BCUT2D eigenvalue weighted by Gasteiger charge is 2.39.